The first-order valence-electron chi connectivity index (χ1n) is 3.38. The van der Waals surface area contributed by atoms with Crippen LogP contribution in [0.2, 0.25) is 0 Å². The molecule has 4 heteroatoms. The summed E-state index contributed by atoms with van der Waals surface area (Å²) >= 11 is 4.49. The van der Waals surface area contributed by atoms with Crippen LogP contribution in [0.5, 0.6) is 11.5 Å². The second kappa shape index (κ2) is 2.93. The third kappa shape index (κ3) is 1.07. The molecule has 1 heterocycles. The van der Waals surface area contributed by atoms with Crippen molar-refractivity contribution < 1.29 is 9.47 Å². The van der Waals surface area contributed by atoms with Gasteiger partial charge in [-0.25, -0.2) is 0 Å². The average molecular weight is 179 g/mol. The van der Waals surface area contributed by atoms with Gasteiger partial charge in [0.2, 0.25) is 6.79 Å². The maximum absolute atomic E-state index is 5.18. The van der Waals surface area contributed by atoms with Gasteiger partial charge in [-0.05, 0) is 24.4 Å². The third-order valence-corrected chi connectivity index (χ3v) is 1.63. The van der Waals surface area contributed by atoms with Crippen LogP contribution in [0, 0.1) is 0 Å². The number of para-hydroxylation sites is 1. The number of ether oxygens (including phenoxy) is 2. The second-order valence-electron chi connectivity index (χ2n) is 2.21. The number of nitrogens with zero attached hydrogens (tertiary/aromatic N) is 1. The minimum Gasteiger partial charge on any atom is -0.454 e. The van der Waals surface area contributed by atoms with Crippen molar-refractivity contribution >= 4 is 23.1 Å². The number of aliphatic imine (C=N–C) groups is 1. The predicted molar refractivity (Wildman–Crippen MR) is 47.3 cm³/mol. The number of hydrogen-bond donors (Lipinski definition) is 0. The lowest BCUT2D eigenvalue weighted by molar-refractivity contribution is 0.174. The fourth-order valence-electron chi connectivity index (χ4n) is 1.05. The molecule has 3 nitrogen and oxygen atoms in total. The normalized spacial score (nSPS) is 12.3. The number of isothiocyanates is 1. The highest BCUT2D eigenvalue weighted by Gasteiger charge is 2.16. The summed E-state index contributed by atoms with van der Waals surface area (Å²) in [5.74, 6) is 1.36. The lowest BCUT2D eigenvalue weighted by atomic mass is 10.3. The fourth-order valence-corrected chi connectivity index (χ4v) is 1.15. The van der Waals surface area contributed by atoms with E-state index in [1.807, 2.05) is 12.1 Å². The summed E-state index contributed by atoms with van der Waals surface area (Å²) in [4.78, 5) is 3.84. The quantitative estimate of drug-likeness (QED) is 0.489. The van der Waals surface area contributed by atoms with E-state index in [9.17, 15) is 0 Å². The van der Waals surface area contributed by atoms with Crippen LogP contribution in [0.25, 0.3) is 0 Å². The zero-order valence-corrected chi connectivity index (χ0v) is 6.93. The molecule has 0 aliphatic carbocycles. The fraction of sp³-hybridized carbons (Fsp3) is 0.125. The zero-order chi connectivity index (χ0) is 8.39. The summed E-state index contributed by atoms with van der Waals surface area (Å²) in [6.45, 7) is 0.249. The molecule has 0 unspecified atom stereocenters. The number of rotatable bonds is 1. The van der Waals surface area contributed by atoms with Crippen LogP contribution < -0.4 is 9.47 Å². The molecule has 0 bridgehead atoms. The van der Waals surface area contributed by atoms with Crippen LogP contribution in [-0.2, 0) is 0 Å². The van der Waals surface area contributed by atoms with E-state index in [1.165, 1.54) is 0 Å². The van der Waals surface area contributed by atoms with Gasteiger partial charge >= 0.3 is 0 Å². The molecule has 1 aromatic rings. The first-order valence-corrected chi connectivity index (χ1v) is 3.79. The van der Waals surface area contributed by atoms with Crippen LogP contribution in [0.3, 0.4) is 0 Å². The maximum atomic E-state index is 5.18. The van der Waals surface area contributed by atoms with Crippen molar-refractivity contribution in [1.29, 1.82) is 0 Å². The van der Waals surface area contributed by atoms with E-state index in [2.05, 4.69) is 22.4 Å². The first-order chi connectivity index (χ1) is 5.92. The van der Waals surface area contributed by atoms with Crippen molar-refractivity contribution in [1.82, 2.24) is 0 Å². The van der Waals surface area contributed by atoms with E-state index < -0.39 is 0 Å². The van der Waals surface area contributed by atoms with Gasteiger partial charge in [0.05, 0.1) is 5.16 Å². The van der Waals surface area contributed by atoms with Crippen LogP contribution in [0.1, 0.15) is 0 Å². The van der Waals surface area contributed by atoms with Crippen LogP contribution in [-0.4, -0.2) is 12.0 Å². The summed E-state index contributed by atoms with van der Waals surface area (Å²) in [6, 6.07) is 5.45. The molecular formula is C8H5NO2S. The average Bonchev–Trinajstić information content (AvgIpc) is 2.53. The molecule has 0 atom stereocenters. The molecule has 0 fully saturated rings. The van der Waals surface area contributed by atoms with E-state index in [1.54, 1.807) is 6.07 Å². The van der Waals surface area contributed by atoms with Crippen molar-refractivity contribution in [2.75, 3.05) is 6.79 Å². The summed E-state index contributed by atoms with van der Waals surface area (Å²) in [5, 5.41) is 2.29. The van der Waals surface area contributed by atoms with E-state index in [0.29, 0.717) is 17.2 Å². The zero-order valence-electron chi connectivity index (χ0n) is 6.11. The molecule has 0 saturated heterocycles. The smallest absolute Gasteiger partial charge is 0.231 e. The lowest BCUT2D eigenvalue weighted by Crippen LogP contribution is -1.93. The molecule has 60 valence electrons. The monoisotopic (exact) mass is 179 g/mol. The van der Waals surface area contributed by atoms with Crippen molar-refractivity contribution in [2.24, 2.45) is 4.99 Å². The largest absolute Gasteiger partial charge is 0.454 e. The summed E-state index contributed by atoms with van der Waals surface area (Å²) in [7, 11) is 0. The molecular weight excluding hydrogens is 174 g/mol. The summed E-state index contributed by atoms with van der Waals surface area (Å²) < 4.78 is 10.3. The van der Waals surface area contributed by atoms with Crippen molar-refractivity contribution in [3.05, 3.63) is 18.2 Å². The standard InChI is InChI=1S/C8H5NO2S/c12-4-9-6-2-1-3-7-8(6)11-5-10-7/h1-3H,5H2. The molecule has 0 N–H and O–H groups in total. The van der Waals surface area contributed by atoms with Crippen LogP contribution in [0.4, 0.5) is 5.69 Å². The molecule has 0 spiro atoms. The van der Waals surface area contributed by atoms with E-state index in [0.717, 1.165) is 0 Å². The number of thiocarbonyl (C=S) groups is 1. The van der Waals surface area contributed by atoms with E-state index >= 15 is 0 Å². The van der Waals surface area contributed by atoms with Gasteiger partial charge in [0.25, 0.3) is 0 Å². The van der Waals surface area contributed by atoms with Crippen molar-refractivity contribution in [3.8, 4) is 11.5 Å². The van der Waals surface area contributed by atoms with Crippen molar-refractivity contribution in [3.63, 3.8) is 0 Å². The van der Waals surface area contributed by atoms with Gasteiger partial charge in [-0.2, -0.15) is 4.99 Å². The Morgan fingerprint density at radius 2 is 2.33 bits per heavy atom. The minimum atomic E-state index is 0.249. The van der Waals surface area contributed by atoms with Gasteiger partial charge in [-0.15, -0.1) is 0 Å². The van der Waals surface area contributed by atoms with Gasteiger partial charge in [-0.3, -0.25) is 0 Å². The van der Waals surface area contributed by atoms with Gasteiger partial charge in [0.15, 0.2) is 11.5 Å². The number of fused-ring (bicyclic) bond motifs is 1. The highest BCUT2D eigenvalue weighted by molar-refractivity contribution is 7.78. The molecule has 2 rings (SSSR count). The Kier molecular flexibility index (Phi) is 1.78. The summed E-state index contributed by atoms with van der Waals surface area (Å²) in [5.41, 5.74) is 0.667. The van der Waals surface area contributed by atoms with Gasteiger partial charge in [-0.1, -0.05) is 6.07 Å². The first kappa shape index (κ1) is 7.28. The molecule has 1 aliphatic rings. The van der Waals surface area contributed by atoms with Crippen LogP contribution in [0.15, 0.2) is 23.2 Å². The summed E-state index contributed by atoms with van der Waals surface area (Å²) in [6.07, 6.45) is 0. The highest BCUT2D eigenvalue weighted by atomic mass is 32.1. The molecule has 12 heavy (non-hydrogen) atoms. The van der Waals surface area contributed by atoms with Crippen LogP contribution >= 0.6 is 12.2 Å². The van der Waals surface area contributed by atoms with Gasteiger partial charge < -0.3 is 9.47 Å². The minimum absolute atomic E-state index is 0.249. The molecule has 1 aliphatic heterocycles. The maximum Gasteiger partial charge on any atom is 0.231 e. The second-order valence-corrected chi connectivity index (χ2v) is 2.40. The Labute approximate surface area is 74.6 Å². The molecule has 0 radical (unpaired) electrons. The third-order valence-electron chi connectivity index (χ3n) is 1.54. The van der Waals surface area contributed by atoms with Gasteiger partial charge in [0, 0.05) is 0 Å². The number of benzene rings is 1. The Balaban J connectivity index is 2.56. The van der Waals surface area contributed by atoms with E-state index in [4.69, 9.17) is 9.47 Å². The molecule has 0 aromatic heterocycles. The Morgan fingerprint density at radius 1 is 1.42 bits per heavy atom. The SMILES string of the molecule is S=C=Nc1cccc2c1OCO2. The Hall–Kier alpha value is -1.38. The molecule has 0 amide bonds. The topological polar surface area (TPSA) is 30.8 Å². The predicted octanol–water partition coefficient (Wildman–Crippen LogP) is 2.15. The van der Waals surface area contributed by atoms with Crippen molar-refractivity contribution in [2.45, 2.75) is 0 Å². The lowest BCUT2D eigenvalue weighted by Gasteiger charge is -1.96. The molecule has 1 aromatic carbocycles. The molecule has 0 saturated carbocycles. The number of hydrogen-bond acceptors (Lipinski definition) is 4. The Morgan fingerprint density at radius 3 is 3.17 bits per heavy atom. The Bertz CT molecular complexity index is 358. The van der Waals surface area contributed by atoms with E-state index in [-0.39, 0.29) is 6.79 Å². The highest BCUT2D eigenvalue weighted by Crippen LogP contribution is 2.40. The van der Waals surface area contributed by atoms with Gasteiger partial charge in [0.1, 0.15) is 5.69 Å².